The molecular weight excluding hydrogens is 428 g/mol. The molecule has 1 saturated carbocycles. The summed E-state index contributed by atoms with van der Waals surface area (Å²) in [6.45, 7) is 4.06. The van der Waals surface area contributed by atoms with Crippen molar-refractivity contribution in [3.63, 3.8) is 0 Å². The van der Waals surface area contributed by atoms with Crippen LogP contribution >= 0.6 is 0 Å². The highest BCUT2D eigenvalue weighted by molar-refractivity contribution is 6.02. The number of rotatable bonds is 6. The monoisotopic (exact) mass is 468 g/mol. The van der Waals surface area contributed by atoms with Gasteiger partial charge in [-0.2, -0.15) is 0 Å². The maximum absolute atomic E-state index is 13.5. The van der Waals surface area contributed by atoms with Gasteiger partial charge >= 0.3 is 11.9 Å². The van der Waals surface area contributed by atoms with E-state index in [4.69, 9.17) is 14.2 Å². The highest BCUT2D eigenvalue weighted by atomic mass is 16.6. The van der Waals surface area contributed by atoms with Crippen molar-refractivity contribution in [2.24, 2.45) is 17.3 Å². The first-order valence-electron chi connectivity index (χ1n) is 12.9. The maximum Gasteiger partial charge on any atom is 0.324 e. The van der Waals surface area contributed by atoms with Crippen molar-refractivity contribution in [2.45, 2.75) is 71.6 Å². The van der Waals surface area contributed by atoms with Gasteiger partial charge in [-0.05, 0) is 63.1 Å². The first kappa shape index (κ1) is 26.1. The zero-order valence-corrected chi connectivity index (χ0v) is 21.0. The van der Waals surface area contributed by atoms with Crippen molar-refractivity contribution >= 4 is 18.0 Å². The minimum absolute atomic E-state index is 0.00431. The van der Waals surface area contributed by atoms with E-state index in [1.807, 2.05) is 24.3 Å². The van der Waals surface area contributed by atoms with Crippen LogP contribution in [0.4, 0.5) is 0 Å². The molecule has 5 heteroatoms. The van der Waals surface area contributed by atoms with Gasteiger partial charge in [-0.15, -0.1) is 0 Å². The summed E-state index contributed by atoms with van der Waals surface area (Å²) in [5.74, 6) is -0.269. The zero-order valence-electron chi connectivity index (χ0n) is 21.0. The van der Waals surface area contributed by atoms with Crippen LogP contribution in [0.25, 0.3) is 6.08 Å². The van der Waals surface area contributed by atoms with Gasteiger partial charge in [-0.25, -0.2) is 0 Å². The Balaban J connectivity index is 2.10. The highest BCUT2D eigenvalue weighted by Crippen LogP contribution is 2.55. The summed E-state index contributed by atoms with van der Waals surface area (Å²) in [6.07, 6.45) is 15.7. The van der Waals surface area contributed by atoms with Crippen molar-refractivity contribution in [3.05, 3.63) is 47.6 Å². The van der Waals surface area contributed by atoms with Crippen LogP contribution in [0.3, 0.4) is 0 Å². The Labute approximate surface area is 204 Å². The number of methoxy groups -OCH3 is 1. The van der Waals surface area contributed by atoms with Gasteiger partial charge in [0.2, 0.25) is 0 Å². The van der Waals surface area contributed by atoms with E-state index in [9.17, 15) is 9.59 Å². The fourth-order valence-electron chi connectivity index (χ4n) is 5.51. The summed E-state index contributed by atoms with van der Waals surface area (Å²) in [7, 11) is 1.65. The van der Waals surface area contributed by atoms with Gasteiger partial charge in [0.25, 0.3) is 0 Å². The third-order valence-corrected chi connectivity index (χ3v) is 7.20. The topological polar surface area (TPSA) is 61.8 Å². The lowest BCUT2D eigenvalue weighted by atomic mass is 9.72. The first-order chi connectivity index (χ1) is 16.6. The van der Waals surface area contributed by atoms with E-state index < -0.39 is 17.4 Å². The average molecular weight is 469 g/mol. The van der Waals surface area contributed by atoms with Crippen molar-refractivity contribution in [2.75, 3.05) is 20.3 Å². The van der Waals surface area contributed by atoms with Gasteiger partial charge in [0.15, 0.2) is 5.41 Å². The molecule has 0 unspecified atom stereocenters. The van der Waals surface area contributed by atoms with E-state index in [0.29, 0.717) is 6.42 Å². The van der Waals surface area contributed by atoms with Gasteiger partial charge in [0.05, 0.1) is 20.3 Å². The Morgan fingerprint density at radius 2 is 1.56 bits per heavy atom. The van der Waals surface area contributed by atoms with Gasteiger partial charge in [0, 0.05) is 5.92 Å². The molecule has 0 aliphatic heterocycles. The molecule has 0 heterocycles. The number of benzene rings is 1. The summed E-state index contributed by atoms with van der Waals surface area (Å²) in [4.78, 5) is 27.0. The normalized spacial score (nSPS) is 24.9. The second kappa shape index (κ2) is 12.8. The SMILES string of the molecule is CCOC(=O)C1(C(=O)OCC)C/C(=C\c2ccc(OC)cc2)[C@@H]2/C=C/CCCCCCCC[C@H]21. The molecule has 0 amide bonds. The minimum Gasteiger partial charge on any atom is -0.497 e. The Kier molecular flexibility index (Phi) is 9.79. The predicted octanol–water partition coefficient (Wildman–Crippen LogP) is 6.52. The van der Waals surface area contributed by atoms with Crippen LogP contribution < -0.4 is 4.74 Å². The van der Waals surface area contributed by atoms with Crippen LogP contribution in [0.2, 0.25) is 0 Å². The van der Waals surface area contributed by atoms with Gasteiger partial charge < -0.3 is 14.2 Å². The van der Waals surface area contributed by atoms with Gasteiger partial charge in [-0.3, -0.25) is 9.59 Å². The Bertz CT molecular complexity index is 849. The Hall–Kier alpha value is -2.56. The van der Waals surface area contributed by atoms with Crippen LogP contribution in [-0.2, 0) is 19.1 Å². The number of allylic oxidation sites excluding steroid dienone is 3. The molecule has 0 saturated heterocycles. The lowest BCUT2D eigenvalue weighted by Crippen LogP contribution is -2.46. The molecule has 2 aliphatic rings. The number of esters is 2. The number of carbonyl (C=O) groups excluding carboxylic acids is 2. The largest absolute Gasteiger partial charge is 0.497 e. The molecule has 1 aromatic rings. The van der Waals surface area contributed by atoms with Gasteiger partial charge in [0.1, 0.15) is 5.75 Å². The summed E-state index contributed by atoms with van der Waals surface area (Å²) < 4.78 is 16.4. The highest BCUT2D eigenvalue weighted by Gasteiger charge is 2.61. The van der Waals surface area contributed by atoms with Crippen LogP contribution in [-0.4, -0.2) is 32.3 Å². The molecule has 1 aromatic carbocycles. The quantitative estimate of drug-likeness (QED) is 0.270. The summed E-state index contributed by atoms with van der Waals surface area (Å²) in [6, 6.07) is 7.88. The number of fused-ring (bicyclic) bond motifs is 1. The Morgan fingerprint density at radius 3 is 2.18 bits per heavy atom. The molecule has 5 nitrogen and oxygen atoms in total. The number of hydrogen-bond acceptors (Lipinski definition) is 5. The van der Waals surface area contributed by atoms with Gasteiger partial charge in [-0.1, -0.05) is 68.0 Å². The lowest BCUT2D eigenvalue weighted by molar-refractivity contribution is -0.175. The van der Waals surface area contributed by atoms with E-state index in [1.165, 1.54) is 25.7 Å². The van der Waals surface area contributed by atoms with Crippen molar-refractivity contribution < 1.29 is 23.8 Å². The molecule has 3 rings (SSSR count). The minimum atomic E-state index is -1.30. The Morgan fingerprint density at radius 1 is 0.941 bits per heavy atom. The van der Waals surface area contributed by atoms with E-state index in [2.05, 4.69) is 18.2 Å². The summed E-state index contributed by atoms with van der Waals surface area (Å²) in [5.41, 5.74) is 0.811. The fourth-order valence-corrected chi connectivity index (χ4v) is 5.51. The first-order valence-corrected chi connectivity index (χ1v) is 12.9. The third-order valence-electron chi connectivity index (χ3n) is 7.20. The second-order valence-electron chi connectivity index (χ2n) is 9.34. The number of carbonyl (C=O) groups is 2. The van der Waals surface area contributed by atoms with E-state index in [1.54, 1.807) is 21.0 Å². The van der Waals surface area contributed by atoms with Crippen LogP contribution in [0, 0.1) is 17.3 Å². The fraction of sp³-hybridized carbons (Fsp3) is 0.586. The molecule has 0 aromatic heterocycles. The van der Waals surface area contributed by atoms with Crippen LogP contribution in [0.1, 0.15) is 77.2 Å². The molecule has 1 fully saturated rings. The molecule has 2 atom stereocenters. The molecule has 2 aliphatic carbocycles. The van der Waals surface area contributed by atoms with E-state index >= 15 is 0 Å². The van der Waals surface area contributed by atoms with Crippen molar-refractivity contribution in [3.8, 4) is 5.75 Å². The smallest absolute Gasteiger partial charge is 0.324 e. The summed E-state index contributed by atoms with van der Waals surface area (Å²) >= 11 is 0. The third kappa shape index (κ3) is 5.92. The van der Waals surface area contributed by atoms with E-state index in [0.717, 1.165) is 42.6 Å². The number of hydrogen-bond donors (Lipinski definition) is 0. The molecule has 34 heavy (non-hydrogen) atoms. The summed E-state index contributed by atoms with van der Waals surface area (Å²) in [5, 5.41) is 0. The predicted molar refractivity (Wildman–Crippen MR) is 134 cm³/mol. The molecule has 0 bridgehead atoms. The molecule has 0 N–H and O–H groups in total. The molecule has 0 spiro atoms. The van der Waals surface area contributed by atoms with Crippen LogP contribution in [0.15, 0.2) is 42.0 Å². The number of ether oxygens (including phenoxy) is 3. The lowest BCUT2D eigenvalue weighted by Gasteiger charge is -2.32. The van der Waals surface area contributed by atoms with Crippen molar-refractivity contribution in [1.29, 1.82) is 0 Å². The second-order valence-corrected chi connectivity index (χ2v) is 9.34. The standard InChI is InChI=1S/C29H40O5/c1-4-33-27(30)29(28(31)34-5-2)21-23(20-22-16-18-24(32-3)19-17-22)25-14-12-10-8-6-7-9-11-13-15-26(25)29/h12,14,16-20,25-26H,4-11,13,15,21H2,1-3H3/b14-12+,23-20+/t25-,26+/m0/s1. The van der Waals surface area contributed by atoms with Crippen molar-refractivity contribution in [1.82, 2.24) is 0 Å². The zero-order chi connectivity index (χ0) is 24.4. The average Bonchev–Trinajstić information content (AvgIpc) is 3.13. The van der Waals surface area contributed by atoms with Crippen LogP contribution in [0.5, 0.6) is 5.75 Å². The maximum atomic E-state index is 13.5. The van der Waals surface area contributed by atoms with E-state index in [-0.39, 0.29) is 25.0 Å². The molecular formula is C29H40O5. The molecule has 186 valence electrons. The molecule has 0 radical (unpaired) electrons.